The van der Waals surface area contributed by atoms with Gasteiger partial charge in [0.05, 0.1) is 7.11 Å². The van der Waals surface area contributed by atoms with Crippen LogP contribution in [0.5, 0.6) is 11.5 Å². The summed E-state index contributed by atoms with van der Waals surface area (Å²) in [6.45, 7) is 1.12. The third-order valence-corrected chi connectivity index (χ3v) is 3.41. The minimum absolute atomic E-state index is 0.176. The van der Waals surface area contributed by atoms with Crippen LogP contribution in [-0.4, -0.2) is 32.5 Å². The van der Waals surface area contributed by atoms with Crippen LogP contribution in [0.2, 0.25) is 0 Å². The van der Waals surface area contributed by atoms with Crippen LogP contribution >= 0.6 is 0 Å². The van der Waals surface area contributed by atoms with Crippen LogP contribution < -0.4 is 14.4 Å². The van der Waals surface area contributed by atoms with Crippen LogP contribution in [0.1, 0.15) is 12.8 Å². The van der Waals surface area contributed by atoms with E-state index < -0.39 is 0 Å². The first-order chi connectivity index (χ1) is 8.79. The molecule has 1 saturated heterocycles. The molecule has 1 atom stereocenters. The van der Waals surface area contributed by atoms with Crippen molar-refractivity contribution in [1.29, 1.82) is 0 Å². The largest absolute Gasteiger partial charge is 0.467 e. The molecule has 0 N–H and O–H groups in total. The van der Waals surface area contributed by atoms with Gasteiger partial charge in [0.1, 0.15) is 6.04 Å². The Morgan fingerprint density at radius 2 is 2.22 bits per heavy atom. The second-order valence-electron chi connectivity index (χ2n) is 4.41. The first kappa shape index (κ1) is 11.2. The van der Waals surface area contributed by atoms with Gasteiger partial charge in [-0.1, -0.05) is 0 Å². The summed E-state index contributed by atoms with van der Waals surface area (Å²) < 4.78 is 15.5. The highest BCUT2D eigenvalue weighted by Crippen LogP contribution is 2.37. The summed E-state index contributed by atoms with van der Waals surface area (Å²) in [6, 6.07) is 5.57. The van der Waals surface area contributed by atoms with Gasteiger partial charge in [0.2, 0.25) is 6.79 Å². The molecule has 3 rings (SSSR count). The van der Waals surface area contributed by atoms with E-state index in [2.05, 4.69) is 4.90 Å². The van der Waals surface area contributed by atoms with Crippen molar-refractivity contribution in [3.8, 4) is 11.5 Å². The van der Waals surface area contributed by atoms with Crippen LogP contribution in [-0.2, 0) is 9.53 Å². The number of ether oxygens (including phenoxy) is 3. The minimum atomic E-state index is -0.185. The van der Waals surface area contributed by atoms with Gasteiger partial charge in [-0.15, -0.1) is 0 Å². The first-order valence-corrected chi connectivity index (χ1v) is 6.04. The lowest BCUT2D eigenvalue weighted by atomic mass is 10.2. The van der Waals surface area contributed by atoms with Crippen LogP contribution in [0.3, 0.4) is 0 Å². The predicted molar refractivity (Wildman–Crippen MR) is 64.9 cm³/mol. The molecule has 0 saturated carbocycles. The molecule has 0 bridgehead atoms. The number of benzene rings is 1. The smallest absolute Gasteiger partial charge is 0.328 e. The highest BCUT2D eigenvalue weighted by atomic mass is 16.7. The second kappa shape index (κ2) is 4.40. The molecule has 5 nitrogen and oxygen atoms in total. The van der Waals surface area contributed by atoms with Gasteiger partial charge >= 0.3 is 5.97 Å². The Morgan fingerprint density at radius 1 is 1.39 bits per heavy atom. The molecule has 0 radical (unpaired) electrons. The molecule has 2 heterocycles. The summed E-state index contributed by atoms with van der Waals surface area (Å²) in [5, 5.41) is 0. The molecule has 1 fully saturated rings. The van der Waals surface area contributed by atoms with E-state index in [1.165, 1.54) is 7.11 Å². The number of methoxy groups -OCH3 is 1. The van der Waals surface area contributed by atoms with E-state index in [4.69, 9.17) is 14.2 Å². The average molecular weight is 249 g/mol. The Hall–Kier alpha value is -1.91. The quantitative estimate of drug-likeness (QED) is 0.744. The summed E-state index contributed by atoms with van der Waals surface area (Å²) in [7, 11) is 1.43. The number of carbonyl (C=O) groups is 1. The molecule has 0 spiro atoms. The van der Waals surface area contributed by atoms with Crippen LogP contribution in [0.25, 0.3) is 0 Å². The summed E-state index contributed by atoms with van der Waals surface area (Å²) >= 11 is 0. The molecule has 1 aromatic carbocycles. The van der Waals surface area contributed by atoms with E-state index in [0.717, 1.165) is 36.6 Å². The lowest BCUT2D eigenvalue weighted by Gasteiger charge is -2.24. The van der Waals surface area contributed by atoms with E-state index >= 15 is 0 Å². The van der Waals surface area contributed by atoms with E-state index in [9.17, 15) is 4.79 Å². The number of anilines is 1. The molecule has 2 aliphatic heterocycles. The van der Waals surface area contributed by atoms with E-state index in [1.807, 2.05) is 18.2 Å². The van der Waals surface area contributed by atoms with Gasteiger partial charge in [0.25, 0.3) is 0 Å². The molecule has 5 heteroatoms. The number of hydrogen-bond acceptors (Lipinski definition) is 5. The van der Waals surface area contributed by atoms with Crippen molar-refractivity contribution < 1.29 is 19.0 Å². The number of esters is 1. The van der Waals surface area contributed by atoms with Gasteiger partial charge in [0.15, 0.2) is 11.5 Å². The monoisotopic (exact) mass is 249 g/mol. The molecular formula is C13H15NO4. The van der Waals surface area contributed by atoms with E-state index in [1.54, 1.807) is 0 Å². The number of hydrogen-bond donors (Lipinski definition) is 0. The molecule has 0 aromatic heterocycles. The van der Waals surface area contributed by atoms with Crippen molar-refractivity contribution in [2.24, 2.45) is 0 Å². The molecule has 2 aliphatic rings. The number of rotatable bonds is 2. The zero-order valence-corrected chi connectivity index (χ0v) is 10.2. The normalized spacial score (nSPS) is 21.2. The third kappa shape index (κ3) is 1.75. The Kier molecular flexibility index (Phi) is 2.74. The van der Waals surface area contributed by atoms with Crippen LogP contribution in [0.4, 0.5) is 5.69 Å². The topological polar surface area (TPSA) is 48.0 Å². The highest BCUT2D eigenvalue weighted by Gasteiger charge is 2.32. The summed E-state index contributed by atoms with van der Waals surface area (Å²) in [6.07, 6.45) is 1.83. The fraction of sp³-hybridized carbons (Fsp3) is 0.462. The minimum Gasteiger partial charge on any atom is -0.467 e. The fourth-order valence-corrected chi connectivity index (χ4v) is 2.52. The molecule has 0 aliphatic carbocycles. The summed E-state index contributed by atoms with van der Waals surface area (Å²) in [5.74, 6) is 1.32. The highest BCUT2D eigenvalue weighted by molar-refractivity contribution is 5.81. The van der Waals surface area contributed by atoms with Gasteiger partial charge in [0, 0.05) is 18.3 Å². The summed E-state index contributed by atoms with van der Waals surface area (Å²) in [4.78, 5) is 13.8. The number of nitrogens with zero attached hydrogens (tertiary/aromatic N) is 1. The van der Waals surface area contributed by atoms with Crippen molar-refractivity contribution in [1.82, 2.24) is 0 Å². The second-order valence-corrected chi connectivity index (χ2v) is 4.41. The van der Waals surface area contributed by atoms with Gasteiger partial charge < -0.3 is 19.1 Å². The maximum Gasteiger partial charge on any atom is 0.328 e. The lowest BCUT2D eigenvalue weighted by Crippen LogP contribution is -2.36. The van der Waals surface area contributed by atoms with Crippen molar-refractivity contribution >= 4 is 11.7 Å². The van der Waals surface area contributed by atoms with Gasteiger partial charge in [-0.3, -0.25) is 0 Å². The van der Waals surface area contributed by atoms with E-state index in [0.29, 0.717) is 0 Å². The Balaban J connectivity index is 1.87. The number of carbonyl (C=O) groups excluding carboxylic acids is 1. The first-order valence-electron chi connectivity index (χ1n) is 6.04. The van der Waals surface area contributed by atoms with Gasteiger partial charge in [-0.05, 0) is 25.0 Å². The molecule has 0 amide bonds. The van der Waals surface area contributed by atoms with Gasteiger partial charge in [-0.25, -0.2) is 4.79 Å². The Bertz CT molecular complexity index is 474. The zero-order valence-electron chi connectivity index (χ0n) is 10.2. The predicted octanol–water partition coefficient (Wildman–Crippen LogP) is 1.56. The van der Waals surface area contributed by atoms with Gasteiger partial charge in [-0.2, -0.15) is 0 Å². The number of fused-ring (bicyclic) bond motifs is 1. The molecule has 96 valence electrons. The Labute approximate surface area is 105 Å². The lowest BCUT2D eigenvalue weighted by molar-refractivity contribution is -0.141. The molecule has 18 heavy (non-hydrogen) atoms. The fourth-order valence-electron chi connectivity index (χ4n) is 2.52. The maximum absolute atomic E-state index is 11.7. The zero-order chi connectivity index (χ0) is 12.5. The standard InChI is InChI=1S/C13H15NO4/c1-16-13(15)10-3-2-6-14(10)9-4-5-11-12(7-9)18-8-17-11/h4-5,7,10H,2-3,6,8H2,1H3/t10-/m1/s1. The summed E-state index contributed by atoms with van der Waals surface area (Å²) in [5.41, 5.74) is 0.979. The van der Waals surface area contributed by atoms with Crippen molar-refractivity contribution in [3.63, 3.8) is 0 Å². The van der Waals surface area contributed by atoms with E-state index in [-0.39, 0.29) is 18.8 Å². The average Bonchev–Trinajstić information content (AvgIpc) is 3.05. The molecule has 1 aromatic rings. The van der Waals surface area contributed by atoms with Crippen molar-refractivity contribution in [2.45, 2.75) is 18.9 Å². The molecular weight excluding hydrogens is 234 g/mol. The van der Waals surface area contributed by atoms with Crippen LogP contribution in [0, 0.1) is 0 Å². The molecule has 0 unspecified atom stereocenters. The SMILES string of the molecule is COC(=O)[C@H]1CCCN1c1ccc2c(c1)OCO2. The maximum atomic E-state index is 11.7. The van der Waals surface area contributed by atoms with Crippen LogP contribution in [0.15, 0.2) is 18.2 Å². The third-order valence-electron chi connectivity index (χ3n) is 3.41. The van der Waals surface area contributed by atoms with Crippen molar-refractivity contribution in [2.75, 3.05) is 25.3 Å². The Morgan fingerprint density at radius 3 is 3.06 bits per heavy atom. The van der Waals surface area contributed by atoms with Crippen molar-refractivity contribution in [3.05, 3.63) is 18.2 Å².